The van der Waals surface area contributed by atoms with Crippen LogP contribution in [0.2, 0.25) is 0 Å². The van der Waals surface area contributed by atoms with Crippen LogP contribution in [0.1, 0.15) is 33.9 Å². The predicted molar refractivity (Wildman–Crippen MR) is 124 cm³/mol. The highest BCUT2D eigenvalue weighted by Gasteiger charge is 2.28. The average Bonchev–Trinajstić information content (AvgIpc) is 3.19. The zero-order valence-electron chi connectivity index (χ0n) is 17.7. The first kappa shape index (κ1) is 22.6. The Morgan fingerprint density at radius 1 is 1.18 bits per heavy atom. The molecule has 0 spiro atoms. The zero-order valence-corrected chi connectivity index (χ0v) is 18.5. The van der Waals surface area contributed by atoms with Gasteiger partial charge >= 0.3 is 0 Å². The summed E-state index contributed by atoms with van der Waals surface area (Å²) in [4.78, 5) is 16.7. The number of halogens is 1. The van der Waals surface area contributed by atoms with E-state index in [0.29, 0.717) is 30.0 Å². The fourth-order valence-electron chi connectivity index (χ4n) is 3.76. The van der Waals surface area contributed by atoms with Gasteiger partial charge in [-0.25, -0.2) is 22.5 Å². The van der Waals surface area contributed by atoms with E-state index >= 15 is 0 Å². The van der Waals surface area contributed by atoms with Gasteiger partial charge in [0.25, 0.3) is 5.91 Å². The zero-order chi connectivity index (χ0) is 23.4. The van der Waals surface area contributed by atoms with Crippen LogP contribution in [-0.4, -0.2) is 25.9 Å². The van der Waals surface area contributed by atoms with Crippen molar-refractivity contribution in [1.82, 2.24) is 15.0 Å². The van der Waals surface area contributed by atoms with E-state index < -0.39 is 21.9 Å². The Hall–Kier alpha value is -3.56. The third-order valence-corrected chi connectivity index (χ3v) is 6.85. The Morgan fingerprint density at radius 3 is 2.73 bits per heavy atom. The maximum absolute atomic E-state index is 13.2. The summed E-state index contributed by atoms with van der Waals surface area (Å²) in [5.74, 6) is -0.389. The first-order valence-corrected chi connectivity index (χ1v) is 11.9. The summed E-state index contributed by atoms with van der Waals surface area (Å²) in [7, 11) is -3.81. The quantitative estimate of drug-likeness (QED) is 0.438. The van der Waals surface area contributed by atoms with Crippen molar-refractivity contribution in [3.63, 3.8) is 0 Å². The van der Waals surface area contributed by atoms with Crippen molar-refractivity contribution in [2.45, 2.75) is 23.8 Å². The summed E-state index contributed by atoms with van der Waals surface area (Å²) in [6, 6.07) is 13.3. The van der Waals surface area contributed by atoms with Crippen LogP contribution in [0.3, 0.4) is 0 Å². The normalized spacial score (nSPS) is 15.0. The number of hydrogen-bond acceptors (Lipinski definition) is 5. The molecular formula is C24H23FN4O3S. The highest BCUT2D eigenvalue weighted by atomic mass is 32.2. The Labute approximate surface area is 191 Å². The number of hydrogen-bond donors (Lipinski definition) is 3. The van der Waals surface area contributed by atoms with Gasteiger partial charge in [-0.15, -0.1) is 6.58 Å². The number of carbonyl (C=O) groups is 1. The minimum Gasteiger partial charge on any atom is -0.348 e. The predicted octanol–water partition coefficient (Wildman–Crippen LogP) is 3.85. The van der Waals surface area contributed by atoms with Gasteiger partial charge in [-0.2, -0.15) is 0 Å². The number of aromatic nitrogens is 1. The number of sulfonamides is 1. The molecular weight excluding hydrogens is 443 g/mol. The monoisotopic (exact) mass is 466 g/mol. The first-order valence-electron chi connectivity index (χ1n) is 10.4. The van der Waals surface area contributed by atoms with Gasteiger partial charge in [-0.05, 0) is 72.5 Å². The van der Waals surface area contributed by atoms with Crippen molar-refractivity contribution in [3.8, 4) is 0 Å². The second kappa shape index (κ2) is 9.51. The molecule has 0 saturated carbocycles. The van der Waals surface area contributed by atoms with Crippen LogP contribution >= 0.6 is 0 Å². The maximum Gasteiger partial charge on any atom is 0.255 e. The van der Waals surface area contributed by atoms with E-state index in [9.17, 15) is 17.6 Å². The van der Waals surface area contributed by atoms with Crippen molar-refractivity contribution < 1.29 is 17.6 Å². The molecule has 2 aromatic carbocycles. The van der Waals surface area contributed by atoms with E-state index in [4.69, 9.17) is 0 Å². The van der Waals surface area contributed by atoms with E-state index in [1.54, 1.807) is 24.4 Å². The summed E-state index contributed by atoms with van der Waals surface area (Å²) in [5.41, 5.74) is 2.95. The lowest BCUT2D eigenvalue weighted by Gasteiger charge is -2.16. The van der Waals surface area contributed by atoms with E-state index in [-0.39, 0.29) is 10.8 Å². The lowest BCUT2D eigenvalue weighted by atomic mass is 10.1. The number of amides is 1. The van der Waals surface area contributed by atoms with E-state index in [1.165, 1.54) is 12.1 Å². The van der Waals surface area contributed by atoms with Gasteiger partial charge < -0.3 is 10.6 Å². The van der Waals surface area contributed by atoms with Crippen LogP contribution in [0.4, 0.5) is 15.9 Å². The number of nitrogens with zero attached hydrogens (tertiary/aromatic N) is 1. The van der Waals surface area contributed by atoms with Crippen molar-refractivity contribution in [1.29, 1.82) is 0 Å². The topological polar surface area (TPSA) is 100 Å². The number of benzene rings is 2. The minimum atomic E-state index is -3.81. The van der Waals surface area contributed by atoms with E-state index in [0.717, 1.165) is 29.7 Å². The maximum atomic E-state index is 13.2. The molecule has 1 atom stereocenters. The van der Waals surface area contributed by atoms with Crippen molar-refractivity contribution >= 4 is 27.4 Å². The van der Waals surface area contributed by atoms with Crippen LogP contribution < -0.4 is 15.4 Å². The molecule has 1 aromatic heterocycles. The minimum absolute atomic E-state index is 0.00953. The molecule has 0 bridgehead atoms. The fraction of sp³-hybridized carbons (Fsp3) is 0.167. The number of rotatable bonds is 8. The molecule has 3 N–H and O–H groups in total. The first-order chi connectivity index (χ1) is 15.9. The third-order valence-electron chi connectivity index (χ3n) is 5.37. The lowest BCUT2D eigenvalue weighted by molar-refractivity contribution is 0.0958. The molecule has 1 aliphatic carbocycles. The Morgan fingerprint density at radius 2 is 1.97 bits per heavy atom. The van der Waals surface area contributed by atoms with Crippen molar-refractivity contribution in [3.05, 3.63) is 96.0 Å². The Bertz CT molecular complexity index is 1290. The highest BCUT2D eigenvalue weighted by Crippen LogP contribution is 2.35. The number of pyridine rings is 1. The Balaban J connectivity index is 1.56. The van der Waals surface area contributed by atoms with Gasteiger partial charge in [0.1, 0.15) is 11.6 Å². The number of anilines is 2. The highest BCUT2D eigenvalue weighted by molar-refractivity contribution is 7.89. The summed E-state index contributed by atoms with van der Waals surface area (Å²) in [5, 5.41) is 5.90. The van der Waals surface area contributed by atoms with Gasteiger partial charge in [-0.3, -0.25) is 4.79 Å². The molecule has 0 aliphatic heterocycles. The number of fused-ring (bicyclic) bond motifs is 1. The van der Waals surface area contributed by atoms with Gasteiger partial charge in [0.2, 0.25) is 10.0 Å². The molecule has 33 heavy (non-hydrogen) atoms. The van der Waals surface area contributed by atoms with Crippen molar-refractivity contribution in [2.24, 2.45) is 0 Å². The van der Waals surface area contributed by atoms with Gasteiger partial charge in [0.05, 0.1) is 10.5 Å². The molecule has 0 fully saturated rings. The molecule has 1 heterocycles. The summed E-state index contributed by atoms with van der Waals surface area (Å²) in [6.45, 7) is 3.93. The van der Waals surface area contributed by atoms with E-state index in [2.05, 4.69) is 26.9 Å². The third kappa shape index (κ3) is 5.10. The Kier molecular flexibility index (Phi) is 6.52. The molecule has 1 amide bonds. The molecule has 7 nitrogen and oxygen atoms in total. The van der Waals surface area contributed by atoms with Crippen LogP contribution in [0, 0.1) is 5.82 Å². The molecule has 1 aliphatic rings. The molecule has 9 heteroatoms. The molecule has 0 saturated heterocycles. The van der Waals surface area contributed by atoms with Crippen molar-refractivity contribution in [2.75, 3.05) is 11.9 Å². The smallest absolute Gasteiger partial charge is 0.255 e. The van der Waals surface area contributed by atoms with Gasteiger partial charge in [0.15, 0.2) is 0 Å². The summed E-state index contributed by atoms with van der Waals surface area (Å²) >= 11 is 0. The molecule has 170 valence electrons. The summed E-state index contributed by atoms with van der Waals surface area (Å²) < 4.78 is 41.5. The van der Waals surface area contributed by atoms with Crippen LogP contribution in [0.5, 0.6) is 0 Å². The summed E-state index contributed by atoms with van der Waals surface area (Å²) in [6.07, 6.45) is 4.51. The number of carbonyl (C=O) groups excluding carboxylic acids is 1. The van der Waals surface area contributed by atoms with E-state index in [1.807, 2.05) is 18.2 Å². The van der Waals surface area contributed by atoms with Gasteiger partial charge in [-0.1, -0.05) is 12.1 Å². The van der Waals surface area contributed by atoms with Crippen LogP contribution in [0.15, 0.2) is 78.3 Å². The van der Waals surface area contributed by atoms with Gasteiger partial charge in [0, 0.05) is 24.5 Å². The standard InChI is InChI=1S/C24H23FN4O3S/c1-2-13-27-24(30)20-4-3-14-26-23(20)28-18-9-5-16-6-12-22(21(16)15-18)29-33(31,32)19-10-7-17(25)8-11-19/h2-5,7-11,14-15,22,29H,1,6,12-13H2,(H,26,28)(H,27,30). The largest absolute Gasteiger partial charge is 0.348 e. The molecule has 3 aromatic rings. The molecule has 1 unspecified atom stereocenters. The number of nitrogens with one attached hydrogen (secondary N) is 3. The number of aryl methyl sites for hydroxylation is 1. The second-order valence-electron chi connectivity index (χ2n) is 7.60. The molecule has 4 rings (SSSR count). The molecule has 0 radical (unpaired) electrons. The fourth-order valence-corrected chi connectivity index (χ4v) is 5.01. The second-order valence-corrected chi connectivity index (χ2v) is 9.32. The van der Waals surface area contributed by atoms with Crippen LogP contribution in [-0.2, 0) is 16.4 Å². The average molecular weight is 467 g/mol. The SMILES string of the molecule is C=CCNC(=O)c1cccnc1Nc1ccc2c(c1)C(NS(=O)(=O)c1ccc(F)cc1)CC2. The van der Waals surface area contributed by atoms with Crippen LogP contribution in [0.25, 0.3) is 0 Å². The lowest BCUT2D eigenvalue weighted by Crippen LogP contribution is -2.27.